The van der Waals surface area contributed by atoms with Crippen LogP contribution >= 0.6 is 11.8 Å². The van der Waals surface area contributed by atoms with Crippen LogP contribution in [0.15, 0.2) is 34.2 Å². The predicted octanol–water partition coefficient (Wildman–Crippen LogP) is 2.23. The normalized spacial score (nSPS) is 17.7. The van der Waals surface area contributed by atoms with Gasteiger partial charge < -0.3 is 5.73 Å². The minimum Gasteiger partial charge on any atom is -0.323 e. The number of hydrogen-bond acceptors (Lipinski definition) is 4. The van der Waals surface area contributed by atoms with Gasteiger partial charge in [0.2, 0.25) is 0 Å². The van der Waals surface area contributed by atoms with Crippen LogP contribution in [0, 0.1) is 5.82 Å². The Hall–Kier alpha value is -1.60. The van der Waals surface area contributed by atoms with Crippen molar-refractivity contribution in [1.29, 1.82) is 0 Å². The van der Waals surface area contributed by atoms with Crippen molar-refractivity contribution in [3.05, 3.63) is 46.1 Å². The van der Waals surface area contributed by atoms with Gasteiger partial charge in [-0.3, -0.25) is 4.57 Å². The molecule has 0 aliphatic heterocycles. The highest BCUT2D eigenvalue weighted by molar-refractivity contribution is 7.99. The lowest BCUT2D eigenvalue weighted by Crippen LogP contribution is -2.22. The van der Waals surface area contributed by atoms with Gasteiger partial charge >= 0.3 is 5.69 Å². The molecule has 2 aromatic rings. The van der Waals surface area contributed by atoms with Gasteiger partial charge in [-0.2, -0.15) is 0 Å². The zero-order chi connectivity index (χ0) is 15.0. The number of aromatic nitrogens is 3. The molecule has 7 heteroatoms. The van der Waals surface area contributed by atoms with Crippen LogP contribution in [-0.2, 0) is 0 Å². The summed E-state index contributed by atoms with van der Waals surface area (Å²) in [7, 11) is 0. The molecule has 21 heavy (non-hydrogen) atoms. The molecule has 5 nitrogen and oxygen atoms in total. The fourth-order valence-corrected chi connectivity index (χ4v) is 3.30. The molecule has 0 radical (unpaired) electrons. The molecule has 1 aliphatic rings. The Morgan fingerprint density at radius 3 is 2.71 bits per heavy atom. The highest BCUT2D eigenvalue weighted by atomic mass is 32.2. The molecule has 1 saturated carbocycles. The van der Waals surface area contributed by atoms with Crippen LogP contribution in [0.4, 0.5) is 4.39 Å². The lowest BCUT2D eigenvalue weighted by molar-refractivity contribution is 0.622. The van der Waals surface area contributed by atoms with Crippen molar-refractivity contribution in [2.75, 3.05) is 0 Å². The monoisotopic (exact) mass is 308 g/mol. The van der Waals surface area contributed by atoms with E-state index in [2.05, 4.69) is 10.2 Å². The van der Waals surface area contributed by atoms with Crippen molar-refractivity contribution in [2.24, 2.45) is 5.73 Å². The molecule has 0 saturated heterocycles. The second-order valence-corrected chi connectivity index (χ2v) is 6.66. The topological polar surface area (TPSA) is 76.7 Å². The number of nitrogens with two attached hydrogens (primary N) is 1. The number of aromatic amines is 1. The van der Waals surface area contributed by atoms with Crippen LogP contribution in [0.3, 0.4) is 0 Å². The number of nitrogens with zero attached hydrogens (tertiary/aromatic N) is 2. The largest absolute Gasteiger partial charge is 0.344 e. The maximum atomic E-state index is 13.0. The first kappa shape index (κ1) is 14.3. The Morgan fingerprint density at radius 2 is 2.10 bits per heavy atom. The molecule has 1 fully saturated rings. The molecular weight excluding hydrogens is 291 g/mol. The first-order valence-electron chi connectivity index (χ1n) is 6.91. The van der Waals surface area contributed by atoms with E-state index in [9.17, 15) is 9.18 Å². The molecule has 1 aromatic heterocycles. The third-order valence-electron chi connectivity index (χ3n) is 3.64. The van der Waals surface area contributed by atoms with Crippen molar-refractivity contribution in [1.82, 2.24) is 14.8 Å². The molecule has 2 atom stereocenters. The quantitative estimate of drug-likeness (QED) is 0.830. The maximum absolute atomic E-state index is 13.0. The van der Waals surface area contributed by atoms with Crippen molar-refractivity contribution >= 4 is 11.8 Å². The van der Waals surface area contributed by atoms with Gasteiger partial charge in [0.15, 0.2) is 5.16 Å². The zero-order valence-electron chi connectivity index (χ0n) is 11.6. The summed E-state index contributed by atoms with van der Waals surface area (Å²) in [5.41, 5.74) is 6.92. The van der Waals surface area contributed by atoms with Gasteiger partial charge in [-0.05, 0) is 30.5 Å². The van der Waals surface area contributed by atoms with E-state index in [1.54, 1.807) is 16.7 Å². The predicted molar refractivity (Wildman–Crippen MR) is 79.8 cm³/mol. The van der Waals surface area contributed by atoms with Crippen molar-refractivity contribution < 1.29 is 4.39 Å². The first-order chi connectivity index (χ1) is 10.1. The van der Waals surface area contributed by atoms with Crippen LogP contribution in [0.25, 0.3) is 0 Å². The number of H-pyrrole nitrogens is 1. The van der Waals surface area contributed by atoms with E-state index in [0.29, 0.717) is 5.16 Å². The molecule has 1 aliphatic carbocycles. The summed E-state index contributed by atoms with van der Waals surface area (Å²) in [6.45, 7) is 1.98. The highest BCUT2D eigenvalue weighted by Gasteiger charge is 2.30. The molecule has 3 N–H and O–H groups in total. The molecule has 1 aromatic carbocycles. The third-order valence-corrected chi connectivity index (χ3v) is 4.80. The van der Waals surface area contributed by atoms with Crippen molar-refractivity contribution in [3.8, 4) is 0 Å². The molecule has 112 valence electrons. The Bertz CT molecular complexity index is 677. The van der Waals surface area contributed by atoms with Crippen LogP contribution in [0.1, 0.15) is 37.4 Å². The number of halogens is 1. The van der Waals surface area contributed by atoms with Gasteiger partial charge in [0.05, 0.1) is 0 Å². The Labute approximate surface area is 125 Å². The summed E-state index contributed by atoms with van der Waals surface area (Å²) in [4.78, 5) is 11.7. The third kappa shape index (κ3) is 3.03. The minimum atomic E-state index is -0.277. The van der Waals surface area contributed by atoms with E-state index in [0.717, 1.165) is 18.4 Å². The van der Waals surface area contributed by atoms with E-state index in [1.165, 1.54) is 23.9 Å². The number of benzene rings is 1. The van der Waals surface area contributed by atoms with E-state index >= 15 is 0 Å². The van der Waals surface area contributed by atoms with Gasteiger partial charge in [0.25, 0.3) is 0 Å². The van der Waals surface area contributed by atoms with E-state index < -0.39 is 0 Å². The molecular formula is C14H17FN4OS. The minimum absolute atomic E-state index is 0.0168. The average molecular weight is 308 g/mol. The number of nitrogens with one attached hydrogen (secondary N) is 1. The molecule has 0 amide bonds. The van der Waals surface area contributed by atoms with Gasteiger partial charge in [-0.25, -0.2) is 14.3 Å². The molecule has 0 bridgehead atoms. The second-order valence-electron chi connectivity index (χ2n) is 5.31. The highest BCUT2D eigenvalue weighted by Crippen LogP contribution is 2.38. The van der Waals surface area contributed by atoms with Gasteiger partial charge in [0.1, 0.15) is 5.82 Å². The molecule has 1 heterocycles. The van der Waals surface area contributed by atoms with Gasteiger partial charge in [-0.1, -0.05) is 30.8 Å². The first-order valence-corrected chi connectivity index (χ1v) is 7.79. The number of rotatable bonds is 5. The SMILES string of the molecule is CC(Sc1n[nH]c(=O)n1C1CC1)C(N)c1ccc(F)cc1. The van der Waals surface area contributed by atoms with Crippen molar-refractivity contribution in [3.63, 3.8) is 0 Å². The van der Waals surface area contributed by atoms with Gasteiger partial charge in [0, 0.05) is 17.3 Å². The lowest BCUT2D eigenvalue weighted by Gasteiger charge is -2.19. The number of hydrogen-bond donors (Lipinski definition) is 2. The van der Waals surface area contributed by atoms with E-state index in [4.69, 9.17) is 5.73 Å². The zero-order valence-corrected chi connectivity index (χ0v) is 12.4. The lowest BCUT2D eigenvalue weighted by atomic mass is 10.1. The van der Waals surface area contributed by atoms with Gasteiger partial charge in [-0.15, -0.1) is 5.10 Å². The number of thioether (sulfide) groups is 1. The molecule has 0 spiro atoms. The Morgan fingerprint density at radius 1 is 1.43 bits per heavy atom. The van der Waals surface area contributed by atoms with E-state index in [-0.39, 0.29) is 28.8 Å². The fraction of sp³-hybridized carbons (Fsp3) is 0.429. The fourth-order valence-electron chi connectivity index (χ4n) is 2.22. The molecule has 2 unspecified atom stereocenters. The van der Waals surface area contributed by atoms with E-state index in [1.807, 2.05) is 6.92 Å². The van der Waals surface area contributed by atoms with Crippen LogP contribution in [0.2, 0.25) is 0 Å². The van der Waals surface area contributed by atoms with Crippen molar-refractivity contribution in [2.45, 2.75) is 42.3 Å². The summed E-state index contributed by atoms with van der Waals surface area (Å²) in [5.74, 6) is -0.277. The average Bonchev–Trinajstić information content (AvgIpc) is 3.24. The summed E-state index contributed by atoms with van der Waals surface area (Å²) in [6, 6.07) is 6.20. The smallest absolute Gasteiger partial charge is 0.323 e. The summed E-state index contributed by atoms with van der Waals surface area (Å²) in [6.07, 6.45) is 2.04. The Balaban J connectivity index is 1.75. The maximum Gasteiger partial charge on any atom is 0.344 e. The summed E-state index contributed by atoms with van der Waals surface area (Å²) < 4.78 is 14.7. The van der Waals surface area contributed by atoms with Crippen LogP contribution in [-0.4, -0.2) is 20.0 Å². The standard InChI is InChI=1S/C14H17FN4OS/c1-8(12(16)9-2-4-10(15)5-3-9)21-14-18-17-13(20)19(14)11-6-7-11/h2-5,8,11-12H,6-7,16H2,1H3,(H,17,20). The van der Waals surface area contributed by atoms with Crippen LogP contribution in [0.5, 0.6) is 0 Å². The van der Waals surface area contributed by atoms with Crippen LogP contribution < -0.4 is 11.4 Å². The summed E-state index contributed by atoms with van der Waals surface area (Å²) >= 11 is 1.47. The summed E-state index contributed by atoms with van der Waals surface area (Å²) in [5, 5.41) is 7.27. The second kappa shape index (κ2) is 5.65. The Kier molecular flexibility index (Phi) is 3.86. The molecule has 3 rings (SSSR count).